The van der Waals surface area contributed by atoms with E-state index in [0.717, 1.165) is 44.4 Å². The minimum Gasteiger partial charge on any atom is -0.358 e. The molecular formula is C19H21Cl2N3S. The average Bonchev–Trinajstić information content (AvgIpc) is 2.64. The number of hydrogen-bond donors (Lipinski definition) is 1. The van der Waals surface area contributed by atoms with Gasteiger partial charge in [-0.1, -0.05) is 59.6 Å². The largest absolute Gasteiger partial charge is 0.358 e. The Kier molecular flexibility index (Phi) is 6.54. The van der Waals surface area contributed by atoms with Crippen LogP contribution in [0.4, 0.5) is 0 Å². The lowest BCUT2D eigenvalue weighted by atomic mass is 10.2. The standard InChI is InChI=1S/C19H21Cl2N3S/c20-17-7-6-16(12-18(17)21)14-23-8-10-24(11-9-23)19(25)22-13-15-4-2-1-3-5-15/h1-7,12H,8-11,13-14H2,(H,22,25). The highest BCUT2D eigenvalue weighted by molar-refractivity contribution is 7.80. The van der Waals surface area contributed by atoms with E-state index in [1.165, 1.54) is 11.1 Å². The molecule has 3 rings (SSSR count). The van der Waals surface area contributed by atoms with Crippen LogP contribution in [0.2, 0.25) is 10.0 Å². The molecule has 0 saturated carbocycles. The lowest BCUT2D eigenvalue weighted by Gasteiger charge is -2.36. The maximum absolute atomic E-state index is 6.10. The molecule has 0 amide bonds. The molecule has 1 N–H and O–H groups in total. The monoisotopic (exact) mass is 393 g/mol. The zero-order valence-electron chi connectivity index (χ0n) is 13.9. The van der Waals surface area contributed by atoms with Crippen molar-refractivity contribution in [2.45, 2.75) is 13.1 Å². The Bertz CT molecular complexity index is 716. The molecule has 25 heavy (non-hydrogen) atoms. The number of benzene rings is 2. The summed E-state index contributed by atoms with van der Waals surface area (Å²) < 4.78 is 0. The first kappa shape index (κ1) is 18.5. The van der Waals surface area contributed by atoms with Gasteiger partial charge >= 0.3 is 0 Å². The number of halogens is 2. The van der Waals surface area contributed by atoms with Gasteiger partial charge in [0.2, 0.25) is 0 Å². The summed E-state index contributed by atoms with van der Waals surface area (Å²) in [5.41, 5.74) is 2.43. The molecule has 0 aliphatic carbocycles. The van der Waals surface area contributed by atoms with E-state index in [1.807, 2.05) is 36.4 Å². The molecule has 0 aromatic heterocycles. The Morgan fingerprint density at radius 1 is 0.920 bits per heavy atom. The minimum absolute atomic E-state index is 0.602. The van der Waals surface area contributed by atoms with E-state index < -0.39 is 0 Å². The summed E-state index contributed by atoms with van der Waals surface area (Å²) in [4.78, 5) is 4.65. The van der Waals surface area contributed by atoms with Crippen molar-refractivity contribution < 1.29 is 0 Å². The van der Waals surface area contributed by atoms with Gasteiger partial charge in [-0.25, -0.2) is 0 Å². The summed E-state index contributed by atoms with van der Waals surface area (Å²) in [5.74, 6) is 0. The maximum Gasteiger partial charge on any atom is 0.169 e. The number of hydrogen-bond acceptors (Lipinski definition) is 2. The first-order valence-corrected chi connectivity index (χ1v) is 9.51. The highest BCUT2D eigenvalue weighted by Gasteiger charge is 2.19. The van der Waals surface area contributed by atoms with E-state index >= 15 is 0 Å². The third-order valence-electron chi connectivity index (χ3n) is 4.34. The molecular weight excluding hydrogens is 373 g/mol. The van der Waals surface area contributed by atoms with Crippen LogP contribution in [-0.4, -0.2) is 41.1 Å². The SMILES string of the molecule is S=C(NCc1ccccc1)N1CCN(Cc2ccc(Cl)c(Cl)c2)CC1. The third-order valence-corrected chi connectivity index (χ3v) is 5.48. The van der Waals surface area contributed by atoms with Crippen molar-refractivity contribution >= 4 is 40.5 Å². The Hall–Kier alpha value is -1.33. The molecule has 0 radical (unpaired) electrons. The highest BCUT2D eigenvalue weighted by atomic mass is 35.5. The number of nitrogens with one attached hydrogen (secondary N) is 1. The summed E-state index contributed by atoms with van der Waals surface area (Å²) in [6, 6.07) is 16.2. The summed E-state index contributed by atoms with van der Waals surface area (Å²) in [5, 5.41) is 5.40. The van der Waals surface area contributed by atoms with Crippen molar-refractivity contribution in [3.63, 3.8) is 0 Å². The molecule has 0 bridgehead atoms. The fourth-order valence-electron chi connectivity index (χ4n) is 2.89. The molecule has 6 heteroatoms. The second-order valence-corrected chi connectivity index (χ2v) is 7.36. The molecule has 1 fully saturated rings. The van der Waals surface area contributed by atoms with Gasteiger partial charge < -0.3 is 10.2 Å². The summed E-state index contributed by atoms with van der Waals surface area (Å²) in [6.07, 6.45) is 0. The number of rotatable bonds is 4. The fraction of sp³-hybridized carbons (Fsp3) is 0.316. The highest BCUT2D eigenvalue weighted by Crippen LogP contribution is 2.23. The van der Waals surface area contributed by atoms with Crippen molar-refractivity contribution in [2.24, 2.45) is 0 Å². The molecule has 2 aromatic rings. The second kappa shape index (κ2) is 8.86. The molecule has 1 heterocycles. The Labute approximate surface area is 164 Å². The van der Waals surface area contributed by atoms with Gasteiger partial charge in [-0.15, -0.1) is 0 Å². The first-order valence-electron chi connectivity index (χ1n) is 8.35. The lowest BCUT2D eigenvalue weighted by Crippen LogP contribution is -2.51. The topological polar surface area (TPSA) is 18.5 Å². The summed E-state index contributed by atoms with van der Waals surface area (Å²) in [7, 11) is 0. The summed E-state index contributed by atoms with van der Waals surface area (Å²) in [6.45, 7) is 5.47. The second-order valence-electron chi connectivity index (χ2n) is 6.16. The minimum atomic E-state index is 0.602. The van der Waals surface area contributed by atoms with E-state index in [9.17, 15) is 0 Å². The summed E-state index contributed by atoms with van der Waals surface area (Å²) >= 11 is 17.6. The van der Waals surface area contributed by atoms with E-state index in [-0.39, 0.29) is 0 Å². The van der Waals surface area contributed by atoms with Crippen molar-refractivity contribution in [3.8, 4) is 0 Å². The molecule has 1 aliphatic heterocycles. The van der Waals surface area contributed by atoms with Crippen LogP contribution >= 0.6 is 35.4 Å². The van der Waals surface area contributed by atoms with Crippen molar-refractivity contribution in [1.29, 1.82) is 0 Å². The molecule has 3 nitrogen and oxygen atoms in total. The van der Waals surface area contributed by atoms with E-state index in [1.54, 1.807) is 0 Å². The molecule has 132 valence electrons. The van der Waals surface area contributed by atoms with Gasteiger partial charge in [-0.05, 0) is 35.5 Å². The van der Waals surface area contributed by atoms with Gasteiger partial charge in [0, 0.05) is 39.3 Å². The predicted octanol–water partition coefficient (Wildman–Crippen LogP) is 4.19. The van der Waals surface area contributed by atoms with Gasteiger partial charge in [0.1, 0.15) is 0 Å². The fourth-order valence-corrected chi connectivity index (χ4v) is 3.47. The third kappa shape index (κ3) is 5.32. The van der Waals surface area contributed by atoms with Crippen LogP contribution in [0.5, 0.6) is 0 Å². The zero-order chi connectivity index (χ0) is 17.6. The molecule has 1 saturated heterocycles. The van der Waals surface area contributed by atoms with Gasteiger partial charge in [-0.2, -0.15) is 0 Å². The number of nitrogens with zero attached hydrogens (tertiary/aromatic N) is 2. The average molecular weight is 394 g/mol. The van der Waals surface area contributed by atoms with Crippen LogP contribution in [0.15, 0.2) is 48.5 Å². The molecule has 0 spiro atoms. The van der Waals surface area contributed by atoms with E-state index in [4.69, 9.17) is 35.4 Å². The molecule has 0 atom stereocenters. The zero-order valence-corrected chi connectivity index (χ0v) is 16.2. The van der Waals surface area contributed by atoms with Crippen LogP contribution in [0.1, 0.15) is 11.1 Å². The van der Waals surface area contributed by atoms with Crippen LogP contribution < -0.4 is 5.32 Å². The van der Waals surface area contributed by atoms with Gasteiger partial charge in [0.25, 0.3) is 0 Å². The van der Waals surface area contributed by atoms with Gasteiger partial charge in [-0.3, -0.25) is 4.90 Å². The van der Waals surface area contributed by atoms with E-state index in [2.05, 4.69) is 27.2 Å². The van der Waals surface area contributed by atoms with Gasteiger partial charge in [0.05, 0.1) is 10.0 Å². The maximum atomic E-state index is 6.10. The van der Waals surface area contributed by atoms with Crippen LogP contribution in [0, 0.1) is 0 Å². The quantitative estimate of drug-likeness (QED) is 0.784. The molecule has 1 aliphatic rings. The molecule has 2 aromatic carbocycles. The van der Waals surface area contributed by atoms with E-state index in [0.29, 0.717) is 10.0 Å². The number of thiocarbonyl (C=S) groups is 1. The van der Waals surface area contributed by atoms with Crippen molar-refractivity contribution in [3.05, 3.63) is 69.7 Å². The Morgan fingerprint density at radius 2 is 1.64 bits per heavy atom. The predicted molar refractivity (Wildman–Crippen MR) is 109 cm³/mol. The van der Waals surface area contributed by atoms with Gasteiger partial charge in [0.15, 0.2) is 5.11 Å². The van der Waals surface area contributed by atoms with Crippen LogP contribution in [0.25, 0.3) is 0 Å². The van der Waals surface area contributed by atoms with Crippen molar-refractivity contribution in [1.82, 2.24) is 15.1 Å². The van der Waals surface area contributed by atoms with Crippen molar-refractivity contribution in [2.75, 3.05) is 26.2 Å². The normalized spacial score (nSPS) is 15.2. The Morgan fingerprint density at radius 3 is 2.32 bits per heavy atom. The molecule has 0 unspecified atom stereocenters. The lowest BCUT2D eigenvalue weighted by molar-refractivity contribution is 0.174. The van der Waals surface area contributed by atoms with Crippen LogP contribution in [-0.2, 0) is 13.1 Å². The first-order chi connectivity index (χ1) is 12.1. The van der Waals surface area contributed by atoms with Crippen LogP contribution in [0.3, 0.4) is 0 Å². The Balaban J connectivity index is 1.44. The smallest absolute Gasteiger partial charge is 0.169 e. The number of piperazine rings is 1.